The van der Waals surface area contributed by atoms with Crippen LogP contribution in [0.1, 0.15) is 47.3 Å². The molecule has 0 unspecified atom stereocenters. The molecule has 3 rings (SSSR count). The van der Waals surface area contributed by atoms with Gasteiger partial charge in [-0.15, -0.1) is 0 Å². The van der Waals surface area contributed by atoms with Gasteiger partial charge in [0.1, 0.15) is 0 Å². The molecule has 0 fully saturated rings. The molecule has 6 nitrogen and oxygen atoms in total. The van der Waals surface area contributed by atoms with Gasteiger partial charge in [-0.25, -0.2) is 0 Å². The third kappa shape index (κ3) is 3.51. The number of benzene rings is 1. The number of rotatable bonds is 4. The number of hydrogen-bond donors (Lipinski definition) is 1. The van der Waals surface area contributed by atoms with Gasteiger partial charge in [0.05, 0.1) is 11.3 Å². The molecule has 0 aliphatic heterocycles. The number of para-hydroxylation sites is 1. The molecule has 0 spiro atoms. The Balaban J connectivity index is 1.98. The molecular formula is C18H18BrN3O3. The molecule has 25 heavy (non-hydrogen) atoms. The first-order chi connectivity index (χ1) is 11.9. The zero-order valence-electron chi connectivity index (χ0n) is 14.4. The predicted molar refractivity (Wildman–Crippen MR) is 97.7 cm³/mol. The van der Waals surface area contributed by atoms with E-state index in [1.807, 2.05) is 45.9 Å². The Labute approximate surface area is 153 Å². The van der Waals surface area contributed by atoms with Crippen molar-refractivity contribution in [2.75, 3.05) is 5.32 Å². The van der Waals surface area contributed by atoms with Crippen molar-refractivity contribution >= 4 is 27.5 Å². The number of nitrogens with one attached hydrogen (secondary N) is 1. The molecule has 0 aliphatic rings. The molecule has 2 aromatic heterocycles. The minimum absolute atomic E-state index is 0.156. The van der Waals surface area contributed by atoms with Gasteiger partial charge in [-0.05, 0) is 47.5 Å². The number of aryl methyl sites for hydroxylation is 2. The predicted octanol–water partition coefficient (Wildman–Crippen LogP) is 5.08. The van der Waals surface area contributed by atoms with Crippen molar-refractivity contribution in [3.8, 4) is 11.5 Å². The van der Waals surface area contributed by atoms with Gasteiger partial charge in [0, 0.05) is 11.5 Å². The summed E-state index contributed by atoms with van der Waals surface area (Å²) in [5.41, 5.74) is 2.94. The van der Waals surface area contributed by atoms with Crippen LogP contribution in [-0.2, 0) is 0 Å². The van der Waals surface area contributed by atoms with Crippen LogP contribution in [0.25, 0.3) is 11.5 Å². The van der Waals surface area contributed by atoms with Gasteiger partial charge in [-0.1, -0.05) is 31.1 Å². The molecule has 2 heterocycles. The fraction of sp³-hybridized carbons (Fsp3) is 0.278. The van der Waals surface area contributed by atoms with E-state index in [2.05, 4.69) is 31.4 Å². The summed E-state index contributed by atoms with van der Waals surface area (Å²) in [7, 11) is 0. The van der Waals surface area contributed by atoms with Gasteiger partial charge in [0.2, 0.25) is 0 Å². The van der Waals surface area contributed by atoms with Crippen LogP contribution in [0, 0.1) is 13.8 Å². The van der Waals surface area contributed by atoms with Crippen molar-refractivity contribution in [2.24, 2.45) is 0 Å². The molecule has 130 valence electrons. The standard InChI is InChI=1S/C18H18BrN3O3/c1-9(2)16-21-18(25-22-16)12-7-5-6-10(3)14(12)20-17(23)15-11(4)8-13(19)24-15/h5-9H,1-4H3,(H,20,23). The molecule has 0 atom stereocenters. The quantitative estimate of drug-likeness (QED) is 0.656. The topological polar surface area (TPSA) is 81.2 Å². The van der Waals surface area contributed by atoms with E-state index >= 15 is 0 Å². The molecule has 0 radical (unpaired) electrons. The number of halogens is 1. The Morgan fingerprint density at radius 2 is 2.00 bits per heavy atom. The first-order valence-corrected chi connectivity index (χ1v) is 8.67. The summed E-state index contributed by atoms with van der Waals surface area (Å²) >= 11 is 3.24. The molecule has 1 aromatic carbocycles. The summed E-state index contributed by atoms with van der Waals surface area (Å²) in [6.07, 6.45) is 0. The van der Waals surface area contributed by atoms with Crippen LogP contribution in [-0.4, -0.2) is 16.0 Å². The molecule has 7 heteroatoms. The maximum absolute atomic E-state index is 12.6. The van der Waals surface area contributed by atoms with E-state index in [9.17, 15) is 4.79 Å². The van der Waals surface area contributed by atoms with Gasteiger partial charge >= 0.3 is 0 Å². The van der Waals surface area contributed by atoms with Crippen LogP contribution in [0.5, 0.6) is 0 Å². The average molecular weight is 404 g/mol. The number of aromatic nitrogens is 2. The molecule has 0 aliphatic carbocycles. The smallest absolute Gasteiger partial charge is 0.291 e. The lowest BCUT2D eigenvalue weighted by Crippen LogP contribution is -2.14. The number of furan rings is 1. The summed E-state index contributed by atoms with van der Waals surface area (Å²) in [5, 5.41) is 6.90. The van der Waals surface area contributed by atoms with Crippen LogP contribution in [0.4, 0.5) is 5.69 Å². The van der Waals surface area contributed by atoms with Gasteiger partial charge < -0.3 is 14.3 Å². The van der Waals surface area contributed by atoms with E-state index in [0.29, 0.717) is 27.6 Å². The third-order valence-corrected chi connectivity index (χ3v) is 4.18. The Bertz CT molecular complexity index is 928. The Hall–Kier alpha value is -2.41. The molecule has 0 saturated carbocycles. The van der Waals surface area contributed by atoms with E-state index in [-0.39, 0.29) is 17.6 Å². The second kappa shape index (κ2) is 6.84. The minimum Gasteiger partial charge on any atom is -0.444 e. The average Bonchev–Trinajstić information content (AvgIpc) is 3.16. The highest BCUT2D eigenvalue weighted by Crippen LogP contribution is 2.31. The lowest BCUT2D eigenvalue weighted by molar-refractivity contribution is 0.0994. The zero-order valence-corrected chi connectivity index (χ0v) is 16.0. The van der Waals surface area contributed by atoms with Crippen LogP contribution >= 0.6 is 15.9 Å². The fourth-order valence-corrected chi connectivity index (χ4v) is 2.93. The van der Waals surface area contributed by atoms with Crippen molar-refractivity contribution in [3.05, 3.63) is 51.6 Å². The number of hydrogen-bond acceptors (Lipinski definition) is 5. The molecule has 0 saturated heterocycles. The lowest BCUT2D eigenvalue weighted by atomic mass is 10.1. The van der Waals surface area contributed by atoms with E-state index in [0.717, 1.165) is 11.1 Å². The van der Waals surface area contributed by atoms with Crippen LogP contribution in [0.2, 0.25) is 0 Å². The van der Waals surface area contributed by atoms with E-state index in [1.165, 1.54) is 0 Å². The number of carbonyl (C=O) groups excluding carboxylic acids is 1. The molecule has 0 bridgehead atoms. The second-order valence-electron chi connectivity index (χ2n) is 6.13. The normalized spacial score (nSPS) is 11.1. The van der Waals surface area contributed by atoms with Crippen molar-refractivity contribution in [1.29, 1.82) is 0 Å². The van der Waals surface area contributed by atoms with Crippen molar-refractivity contribution in [3.63, 3.8) is 0 Å². The summed E-state index contributed by atoms with van der Waals surface area (Å²) in [5.74, 6) is 1.08. The summed E-state index contributed by atoms with van der Waals surface area (Å²) in [6, 6.07) is 7.38. The van der Waals surface area contributed by atoms with Crippen molar-refractivity contribution < 1.29 is 13.7 Å². The summed E-state index contributed by atoms with van der Waals surface area (Å²) in [6.45, 7) is 7.70. The SMILES string of the molecule is Cc1cc(Br)oc1C(=O)Nc1c(C)cccc1-c1nc(C(C)C)no1. The zero-order chi connectivity index (χ0) is 18.1. The molecular weight excluding hydrogens is 386 g/mol. The third-order valence-electron chi connectivity index (χ3n) is 3.79. The highest BCUT2D eigenvalue weighted by atomic mass is 79.9. The van der Waals surface area contributed by atoms with Crippen molar-refractivity contribution in [1.82, 2.24) is 10.1 Å². The minimum atomic E-state index is -0.331. The monoisotopic (exact) mass is 403 g/mol. The Morgan fingerprint density at radius 1 is 1.24 bits per heavy atom. The molecule has 3 aromatic rings. The van der Waals surface area contributed by atoms with E-state index in [1.54, 1.807) is 6.07 Å². The Morgan fingerprint density at radius 3 is 2.60 bits per heavy atom. The summed E-state index contributed by atoms with van der Waals surface area (Å²) < 4.78 is 11.3. The van der Waals surface area contributed by atoms with E-state index in [4.69, 9.17) is 8.94 Å². The summed E-state index contributed by atoms with van der Waals surface area (Å²) in [4.78, 5) is 17.0. The highest BCUT2D eigenvalue weighted by Gasteiger charge is 2.20. The number of carbonyl (C=O) groups is 1. The molecule has 1 N–H and O–H groups in total. The van der Waals surface area contributed by atoms with E-state index < -0.39 is 0 Å². The Kier molecular flexibility index (Phi) is 4.76. The van der Waals surface area contributed by atoms with Gasteiger partial charge in [-0.3, -0.25) is 4.79 Å². The number of anilines is 1. The molecule has 1 amide bonds. The van der Waals surface area contributed by atoms with Crippen LogP contribution in [0.15, 0.2) is 37.9 Å². The van der Waals surface area contributed by atoms with Gasteiger partial charge in [0.25, 0.3) is 11.8 Å². The lowest BCUT2D eigenvalue weighted by Gasteiger charge is -2.11. The van der Waals surface area contributed by atoms with Crippen LogP contribution < -0.4 is 5.32 Å². The van der Waals surface area contributed by atoms with Gasteiger partial charge in [-0.2, -0.15) is 4.98 Å². The maximum atomic E-state index is 12.6. The fourth-order valence-electron chi connectivity index (χ4n) is 2.43. The first-order valence-electron chi connectivity index (χ1n) is 7.87. The maximum Gasteiger partial charge on any atom is 0.291 e. The number of amides is 1. The van der Waals surface area contributed by atoms with Gasteiger partial charge in [0.15, 0.2) is 16.3 Å². The first kappa shape index (κ1) is 17.4. The second-order valence-corrected chi connectivity index (χ2v) is 6.91. The largest absolute Gasteiger partial charge is 0.444 e. The number of nitrogens with zero attached hydrogens (tertiary/aromatic N) is 2. The van der Waals surface area contributed by atoms with Crippen molar-refractivity contribution in [2.45, 2.75) is 33.6 Å². The van der Waals surface area contributed by atoms with Crippen LogP contribution in [0.3, 0.4) is 0 Å². The highest BCUT2D eigenvalue weighted by molar-refractivity contribution is 9.10.